The molecule has 0 aliphatic carbocycles. The number of thioether (sulfide) groups is 1. The molecule has 0 N–H and O–H groups in total. The van der Waals surface area contributed by atoms with Gasteiger partial charge in [0.15, 0.2) is 0 Å². The highest BCUT2D eigenvalue weighted by molar-refractivity contribution is 8.16. The van der Waals surface area contributed by atoms with Gasteiger partial charge >= 0.3 is 0 Å². The van der Waals surface area contributed by atoms with E-state index in [1.54, 1.807) is 4.67 Å². The highest BCUT2D eigenvalue weighted by atomic mass is 32.5. The molecule has 0 aromatic heterocycles. The van der Waals surface area contributed by atoms with Crippen molar-refractivity contribution in [1.29, 1.82) is 0 Å². The molecular formula is C7H14NO3PS2. The molecule has 0 aromatic carbocycles. The van der Waals surface area contributed by atoms with Crippen LogP contribution in [0.1, 0.15) is 13.8 Å². The molecule has 1 fully saturated rings. The Morgan fingerprint density at radius 3 is 2.43 bits per heavy atom. The Hall–Kier alpha value is 0.390. The van der Waals surface area contributed by atoms with E-state index in [4.69, 9.17) is 20.9 Å². The first-order valence-corrected chi connectivity index (χ1v) is 8.05. The maximum absolute atomic E-state index is 11.5. The predicted octanol–water partition coefficient (Wildman–Crippen LogP) is 2.45. The molecular weight excluding hydrogens is 241 g/mol. The van der Waals surface area contributed by atoms with Gasteiger partial charge in [-0.1, -0.05) is 11.8 Å². The van der Waals surface area contributed by atoms with Crippen molar-refractivity contribution in [3.8, 4) is 0 Å². The molecule has 7 heteroatoms. The van der Waals surface area contributed by atoms with Crippen LogP contribution in [-0.4, -0.2) is 35.4 Å². The van der Waals surface area contributed by atoms with Crippen molar-refractivity contribution in [2.24, 2.45) is 0 Å². The van der Waals surface area contributed by atoms with Gasteiger partial charge in [0.2, 0.25) is 0 Å². The second-order valence-corrected chi connectivity index (χ2v) is 6.91. The van der Waals surface area contributed by atoms with Gasteiger partial charge in [0.25, 0.3) is 11.9 Å². The zero-order valence-electron chi connectivity index (χ0n) is 8.26. The number of rotatable bonds is 5. The van der Waals surface area contributed by atoms with Crippen molar-refractivity contribution in [3.05, 3.63) is 0 Å². The van der Waals surface area contributed by atoms with E-state index in [9.17, 15) is 4.79 Å². The van der Waals surface area contributed by atoms with Crippen LogP contribution in [-0.2, 0) is 20.9 Å². The summed E-state index contributed by atoms with van der Waals surface area (Å²) in [5.41, 5.74) is 0. The van der Waals surface area contributed by atoms with Crippen molar-refractivity contribution >= 4 is 35.5 Å². The quantitative estimate of drug-likeness (QED) is 0.706. The van der Waals surface area contributed by atoms with E-state index in [0.29, 0.717) is 19.8 Å². The minimum absolute atomic E-state index is 0.0183. The maximum Gasteiger partial charge on any atom is 0.292 e. The first-order chi connectivity index (χ1) is 6.64. The van der Waals surface area contributed by atoms with Crippen LogP contribution in [0.5, 0.6) is 0 Å². The van der Waals surface area contributed by atoms with Gasteiger partial charge in [-0.3, -0.25) is 9.46 Å². The first kappa shape index (κ1) is 12.5. The topological polar surface area (TPSA) is 38.8 Å². The summed E-state index contributed by atoms with van der Waals surface area (Å²) in [6.45, 7) is 2.78. The van der Waals surface area contributed by atoms with Gasteiger partial charge in [0.1, 0.15) is 0 Å². The molecule has 82 valence electrons. The highest BCUT2D eigenvalue weighted by Crippen LogP contribution is 2.55. The third-order valence-corrected chi connectivity index (χ3v) is 5.97. The molecule has 1 amide bonds. The van der Waals surface area contributed by atoms with Gasteiger partial charge in [-0.2, -0.15) is 0 Å². The van der Waals surface area contributed by atoms with Crippen LogP contribution in [0.25, 0.3) is 0 Å². The zero-order chi connectivity index (χ0) is 10.6. The van der Waals surface area contributed by atoms with Gasteiger partial charge < -0.3 is 9.05 Å². The Morgan fingerprint density at radius 2 is 2.07 bits per heavy atom. The van der Waals surface area contributed by atoms with Crippen LogP contribution < -0.4 is 0 Å². The number of nitrogens with zero attached hydrogens (tertiary/aromatic N) is 1. The van der Waals surface area contributed by atoms with Crippen LogP contribution in [0.3, 0.4) is 0 Å². The third kappa shape index (κ3) is 2.70. The fourth-order valence-corrected chi connectivity index (χ4v) is 5.24. The molecule has 0 bridgehead atoms. The fraction of sp³-hybridized carbons (Fsp3) is 0.857. The Bertz CT molecular complexity index is 251. The number of carbonyl (C=O) groups is 1. The number of amides is 1. The van der Waals surface area contributed by atoms with Crippen molar-refractivity contribution in [1.82, 2.24) is 4.67 Å². The Balaban J connectivity index is 2.75. The first-order valence-electron chi connectivity index (χ1n) is 4.48. The monoisotopic (exact) mass is 255 g/mol. The summed E-state index contributed by atoms with van der Waals surface area (Å²) in [5.74, 6) is 0.775. The maximum atomic E-state index is 11.5. The smallest absolute Gasteiger partial charge is 0.292 e. The predicted molar refractivity (Wildman–Crippen MR) is 62.1 cm³/mol. The summed E-state index contributed by atoms with van der Waals surface area (Å²) in [4.78, 5) is 11.5. The molecule has 1 aliphatic heterocycles. The van der Waals surface area contributed by atoms with Gasteiger partial charge in [0, 0.05) is 12.3 Å². The molecule has 0 radical (unpaired) electrons. The van der Waals surface area contributed by atoms with Crippen molar-refractivity contribution < 1.29 is 13.8 Å². The molecule has 0 atom stereocenters. The minimum Gasteiger partial charge on any atom is -0.314 e. The fourth-order valence-electron chi connectivity index (χ4n) is 1.11. The van der Waals surface area contributed by atoms with E-state index in [0.717, 1.165) is 5.75 Å². The number of hydrogen-bond acceptors (Lipinski definition) is 5. The van der Waals surface area contributed by atoms with Crippen LogP contribution in [0.15, 0.2) is 0 Å². The molecule has 14 heavy (non-hydrogen) atoms. The molecule has 1 saturated heterocycles. The number of carbonyl (C=O) groups excluding carboxylic acids is 1. The largest absolute Gasteiger partial charge is 0.314 e. The second-order valence-electron chi connectivity index (χ2n) is 2.54. The summed E-state index contributed by atoms with van der Waals surface area (Å²) in [7, 11) is 0. The summed E-state index contributed by atoms with van der Waals surface area (Å²) >= 11 is 6.57. The lowest BCUT2D eigenvalue weighted by atomic mass is 10.8. The Kier molecular flexibility index (Phi) is 4.87. The molecule has 0 aromatic rings. The zero-order valence-corrected chi connectivity index (χ0v) is 10.8. The lowest BCUT2D eigenvalue weighted by Gasteiger charge is -2.28. The van der Waals surface area contributed by atoms with Crippen LogP contribution in [0, 0.1) is 0 Å². The van der Waals surface area contributed by atoms with Crippen LogP contribution >= 0.6 is 18.4 Å². The lowest BCUT2D eigenvalue weighted by Crippen LogP contribution is -2.22. The molecule has 1 rings (SSSR count). The van der Waals surface area contributed by atoms with Gasteiger partial charge in [-0.15, -0.1) is 0 Å². The minimum atomic E-state index is -2.53. The molecule has 0 spiro atoms. The van der Waals surface area contributed by atoms with Gasteiger partial charge in [-0.05, 0) is 25.7 Å². The Labute approximate surface area is 93.5 Å². The normalized spacial score (nSPS) is 17.9. The average Bonchev–Trinajstić information content (AvgIpc) is 2.52. The second kappa shape index (κ2) is 5.47. The summed E-state index contributed by atoms with van der Waals surface area (Å²) in [5, 5.41) is -0.0183. The summed E-state index contributed by atoms with van der Waals surface area (Å²) < 4.78 is 12.4. The van der Waals surface area contributed by atoms with Crippen molar-refractivity contribution in [2.75, 3.05) is 25.5 Å². The van der Waals surface area contributed by atoms with Crippen LogP contribution in [0.4, 0.5) is 4.79 Å². The van der Waals surface area contributed by atoms with E-state index in [2.05, 4.69) is 0 Å². The molecule has 0 unspecified atom stereocenters. The van der Waals surface area contributed by atoms with Crippen LogP contribution in [0.2, 0.25) is 0 Å². The summed E-state index contributed by atoms with van der Waals surface area (Å²) in [6, 6.07) is 0. The SMILES string of the molecule is CCOP(=S)(OCC)N1CCSC1=O. The van der Waals surface area contributed by atoms with E-state index in [1.807, 2.05) is 13.8 Å². The van der Waals surface area contributed by atoms with E-state index >= 15 is 0 Å². The third-order valence-electron chi connectivity index (χ3n) is 1.62. The van der Waals surface area contributed by atoms with Crippen molar-refractivity contribution in [3.63, 3.8) is 0 Å². The summed E-state index contributed by atoms with van der Waals surface area (Å²) in [6.07, 6.45) is 0. The van der Waals surface area contributed by atoms with Gasteiger partial charge in [0.05, 0.1) is 13.2 Å². The molecule has 0 saturated carbocycles. The average molecular weight is 255 g/mol. The standard InChI is InChI=1S/C7H14NO3PS2/c1-3-10-12(13,11-4-2)8-5-6-14-7(8)9/h3-6H2,1-2H3. The van der Waals surface area contributed by atoms with E-state index < -0.39 is 6.64 Å². The molecule has 1 heterocycles. The molecule has 4 nitrogen and oxygen atoms in total. The number of hydrogen-bond donors (Lipinski definition) is 0. The lowest BCUT2D eigenvalue weighted by molar-refractivity contribution is 0.215. The molecule has 1 aliphatic rings. The van der Waals surface area contributed by atoms with E-state index in [-0.39, 0.29) is 5.24 Å². The van der Waals surface area contributed by atoms with Crippen molar-refractivity contribution in [2.45, 2.75) is 13.8 Å². The van der Waals surface area contributed by atoms with Gasteiger partial charge in [-0.25, -0.2) is 0 Å². The Morgan fingerprint density at radius 1 is 1.50 bits per heavy atom. The van der Waals surface area contributed by atoms with E-state index in [1.165, 1.54) is 11.8 Å². The highest BCUT2D eigenvalue weighted by Gasteiger charge is 2.35.